The SMILES string of the molecule is CN1CCN([S+]([O-])c2ccccc2)C(CCCO)C1. The Labute approximate surface area is 118 Å². The van der Waals surface area contributed by atoms with Crippen LogP contribution in [-0.4, -0.2) is 58.2 Å². The van der Waals surface area contributed by atoms with Crippen LogP contribution in [0.1, 0.15) is 12.8 Å². The zero-order chi connectivity index (χ0) is 13.7. The minimum Gasteiger partial charge on any atom is -0.593 e. The number of aliphatic hydroxyl groups excluding tert-OH is 1. The second kappa shape index (κ2) is 7.26. The maximum atomic E-state index is 12.6. The van der Waals surface area contributed by atoms with Crippen molar-refractivity contribution < 1.29 is 9.66 Å². The van der Waals surface area contributed by atoms with Crippen LogP contribution in [0.2, 0.25) is 0 Å². The van der Waals surface area contributed by atoms with E-state index in [2.05, 4.69) is 16.3 Å². The molecule has 106 valence electrons. The Hall–Kier alpha value is -0.590. The summed E-state index contributed by atoms with van der Waals surface area (Å²) in [4.78, 5) is 3.13. The normalized spacial score (nSPS) is 23.4. The first-order valence-electron chi connectivity index (χ1n) is 6.75. The van der Waals surface area contributed by atoms with Gasteiger partial charge >= 0.3 is 0 Å². The van der Waals surface area contributed by atoms with Crippen LogP contribution in [0.25, 0.3) is 0 Å². The second-order valence-corrected chi connectivity index (χ2v) is 6.42. The molecule has 1 N–H and O–H groups in total. The minimum absolute atomic E-state index is 0.200. The maximum Gasteiger partial charge on any atom is 0.174 e. The summed E-state index contributed by atoms with van der Waals surface area (Å²) in [5, 5.41) is 9.00. The monoisotopic (exact) mass is 282 g/mol. The topological polar surface area (TPSA) is 49.8 Å². The van der Waals surface area contributed by atoms with Crippen molar-refractivity contribution in [1.29, 1.82) is 0 Å². The van der Waals surface area contributed by atoms with Gasteiger partial charge in [0, 0.05) is 19.7 Å². The summed E-state index contributed by atoms with van der Waals surface area (Å²) in [7, 11) is 2.09. The van der Waals surface area contributed by atoms with E-state index in [1.807, 2.05) is 30.3 Å². The highest BCUT2D eigenvalue weighted by Gasteiger charge is 2.34. The van der Waals surface area contributed by atoms with Crippen LogP contribution in [0.4, 0.5) is 0 Å². The highest BCUT2D eigenvalue weighted by molar-refractivity contribution is 7.89. The molecule has 1 aliphatic rings. The molecule has 1 fully saturated rings. The van der Waals surface area contributed by atoms with Crippen molar-refractivity contribution in [1.82, 2.24) is 9.21 Å². The highest BCUT2D eigenvalue weighted by Crippen LogP contribution is 2.23. The first-order chi connectivity index (χ1) is 9.22. The van der Waals surface area contributed by atoms with Crippen molar-refractivity contribution >= 4 is 11.4 Å². The lowest BCUT2D eigenvalue weighted by atomic mass is 10.1. The maximum absolute atomic E-state index is 12.6. The van der Waals surface area contributed by atoms with Crippen molar-refractivity contribution in [3.05, 3.63) is 30.3 Å². The van der Waals surface area contributed by atoms with Crippen molar-refractivity contribution in [2.45, 2.75) is 23.8 Å². The van der Waals surface area contributed by atoms with Gasteiger partial charge in [-0.2, -0.15) is 0 Å². The molecule has 0 bridgehead atoms. The van der Waals surface area contributed by atoms with E-state index in [0.717, 1.165) is 37.4 Å². The summed E-state index contributed by atoms with van der Waals surface area (Å²) in [5.74, 6) is 0. The zero-order valence-corrected chi connectivity index (χ0v) is 12.2. The third kappa shape index (κ3) is 3.94. The molecule has 0 saturated carbocycles. The summed E-state index contributed by atoms with van der Waals surface area (Å²) >= 11 is -1.09. The number of aliphatic hydroxyl groups is 1. The molecule has 2 rings (SSSR count). The molecule has 1 aromatic carbocycles. The van der Waals surface area contributed by atoms with Gasteiger partial charge in [-0.3, -0.25) is 0 Å². The van der Waals surface area contributed by atoms with E-state index in [1.54, 1.807) is 0 Å². The summed E-state index contributed by atoms with van der Waals surface area (Å²) in [6.07, 6.45) is 1.65. The average molecular weight is 282 g/mol. The van der Waals surface area contributed by atoms with Crippen LogP contribution < -0.4 is 0 Å². The van der Waals surface area contributed by atoms with Gasteiger partial charge in [0.25, 0.3) is 0 Å². The van der Waals surface area contributed by atoms with Gasteiger partial charge in [0.1, 0.15) is 0 Å². The molecule has 0 radical (unpaired) electrons. The molecule has 1 aromatic rings. The van der Waals surface area contributed by atoms with Gasteiger partial charge < -0.3 is 14.6 Å². The quantitative estimate of drug-likeness (QED) is 0.822. The van der Waals surface area contributed by atoms with E-state index in [0.29, 0.717) is 0 Å². The van der Waals surface area contributed by atoms with Crippen LogP contribution >= 0.6 is 0 Å². The molecule has 0 amide bonds. The van der Waals surface area contributed by atoms with E-state index in [4.69, 9.17) is 5.11 Å². The summed E-state index contributed by atoms with van der Waals surface area (Å²) in [6.45, 7) is 2.87. The lowest BCUT2D eigenvalue weighted by Gasteiger charge is -2.38. The molecule has 1 heterocycles. The Bertz CT molecular complexity index is 377. The van der Waals surface area contributed by atoms with Crippen molar-refractivity contribution in [3.63, 3.8) is 0 Å². The van der Waals surface area contributed by atoms with E-state index in [9.17, 15) is 4.55 Å². The lowest BCUT2D eigenvalue weighted by molar-refractivity contribution is 0.145. The Kier molecular flexibility index (Phi) is 5.66. The third-order valence-corrected chi connectivity index (χ3v) is 5.07. The lowest BCUT2D eigenvalue weighted by Crippen LogP contribution is -2.53. The predicted molar refractivity (Wildman–Crippen MR) is 77.2 cm³/mol. The van der Waals surface area contributed by atoms with Gasteiger partial charge in [0.15, 0.2) is 4.90 Å². The van der Waals surface area contributed by atoms with Gasteiger partial charge in [-0.05, 0) is 32.0 Å². The largest absolute Gasteiger partial charge is 0.593 e. The molecular formula is C14H22N2O2S. The van der Waals surface area contributed by atoms with Crippen LogP contribution in [0.3, 0.4) is 0 Å². The standard InChI is InChI=1S/C14H22N2O2S/c1-15-9-10-16(13(12-15)6-5-11-17)19(18)14-7-3-2-4-8-14/h2-4,7-8,13,17H,5-6,9-12H2,1H3. The van der Waals surface area contributed by atoms with E-state index in [-0.39, 0.29) is 12.6 Å². The van der Waals surface area contributed by atoms with Crippen LogP contribution in [0, 0.1) is 0 Å². The van der Waals surface area contributed by atoms with Gasteiger partial charge in [0.05, 0.1) is 23.9 Å². The fraction of sp³-hybridized carbons (Fsp3) is 0.571. The number of piperazine rings is 1. The van der Waals surface area contributed by atoms with E-state index in [1.165, 1.54) is 0 Å². The Morgan fingerprint density at radius 1 is 1.32 bits per heavy atom. The fourth-order valence-electron chi connectivity index (χ4n) is 2.45. The molecule has 4 nitrogen and oxygen atoms in total. The van der Waals surface area contributed by atoms with Gasteiger partial charge in [0.2, 0.25) is 0 Å². The Morgan fingerprint density at radius 2 is 2.05 bits per heavy atom. The first kappa shape index (κ1) is 14.8. The second-order valence-electron chi connectivity index (χ2n) is 4.98. The zero-order valence-electron chi connectivity index (χ0n) is 11.4. The Morgan fingerprint density at radius 3 is 2.74 bits per heavy atom. The fourth-order valence-corrected chi connectivity index (χ4v) is 3.80. The molecule has 19 heavy (non-hydrogen) atoms. The van der Waals surface area contributed by atoms with Crippen molar-refractivity contribution in [2.75, 3.05) is 33.3 Å². The average Bonchev–Trinajstić information content (AvgIpc) is 2.45. The Balaban J connectivity index is 2.06. The molecule has 2 unspecified atom stereocenters. The van der Waals surface area contributed by atoms with E-state index < -0.39 is 11.4 Å². The first-order valence-corrected chi connectivity index (χ1v) is 7.86. The number of nitrogens with zero attached hydrogens (tertiary/aromatic N) is 2. The number of likely N-dealkylation sites (N-methyl/N-ethyl adjacent to an activating group) is 1. The van der Waals surface area contributed by atoms with Crippen LogP contribution in [-0.2, 0) is 11.4 Å². The molecule has 5 heteroatoms. The number of hydrogen-bond acceptors (Lipinski definition) is 4. The number of rotatable bonds is 5. The predicted octanol–water partition coefficient (Wildman–Crippen LogP) is 1.10. The smallest absolute Gasteiger partial charge is 0.174 e. The summed E-state index contributed by atoms with van der Waals surface area (Å²) < 4.78 is 14.7. The molecule has 0 aliphatic carbocycles. The van der Waals surface area contributed by atoms with Gasteiger partial charge in [-0.1, -0.05) is 18.2 Å². The molecule has 2 atom stereocenters. The van der Waals surface area contributed by atoms with Gasteiger partial charge in [-0.15, -0.1) is 4.31 Å². The van der Waals surface area contributed by atoms with Gasteiger partial charge in [-0.25, -0.2) is 0 Å². The van der Waals surface area contributed by atoms with Crippen LogP contribution in [0.5, 0.6) is 0 Å². The van der Waals surface area contributed by atoms with E-state index >= 15 is 0 Å². The molecule has 1 saturated heterocycles. The van der Waals surface area contributed by atoms with Crippen molar-refractivity contribution in [2.24, 2.45) is 0 Å². The number of benzene rings is 1. The van der Waals surface area contributed by atoms with Crippen LogP contribution in [0.15, 0.2) is 35.2 Å². The minimum atomic E-state index is -1.09. The number of hydrogen-bond donors (Lipinski definition) is 1. The summed E-state index contributed by atoms with van der Waals surface area (Å²) in [5.41, 5.74) is 0. The molecule has 0 spiro atoms. The third-order valence-electron chi connectivity index (χ3n) is 3.49. The molecule has 0 aromatic heterocycles. The molecule has 1 aliphatic heterocycles. The summed E-state index contributed by atoms with van der Waals surface area (Å²) in [6, 6.07) is 9.87. The molecular weight excluding hydrogens is 260 g/mol. The van der Waals surface area contributed by atoms with Crippen molar-refractivity contribution in [3.8, 4) is 0 Å². The highest BCUT2D eigenvalue weighted by atomic mass is 32.2.